The second-order valence-corrected chi connectivity index (χ2v) is 3.92. The molecule has 6 nitrogen and oxygen atoms in total. The summed E-state index contributed by atoms with van der Waals surface area (Å²) in [6.45, 7) is 0.479. The van der Waals surface area contributed by atoms with E-state index in [1.54, 1.807) is 16.8 Å². The summed E-state index contributed by atoms with van der Waals surface area (Å²) in [5.74, 6) is -0.288. The second-order valence-electron chi connectivity index (χ2n) is 3.92. The van der Waals surface area contributed by atoms with Gasteiger partial charge in [-0.05, 0) is 12.1 Å². The maximum absolute atomic E-state index is 11.7. The molecule has 0 spiro atoms. The number of aromatic nitrogens is 3. The van der Waals surface area contributed by atoms with Gasteiger partial charge in [0.1, 0.15) is 5.69 Å². The highest BCUT2D eigenvalue weighted by Crippen LogP contribution is 1.95. The van der Waals surface area contributed by atoms with Crippen LogP contribution in [0, 0.1) is 0 Å². The van der Waals surface area contributed by atoms with E-state index in [9.17, 15) is 9.59 Å². The topological polar surface area (TPSA) is 79.8 Å². The first-order valence-corrected chi connectivity index (χ1v) is 5.61. The average molecular weight is 246 g/mol. The van der Waals surface area contributed by atoms with Crippen LogP contribution in [0.4, 0.5) is 0 Å². The van der Waals surface area contributed by atoms with Crippen LogP contribution in [0.2, 0.25) is 0 Å². The number of carbonyl (C=O) groups excluding carboxylic acids is 1. The van der Waals surface area contributed by atoms with E-state index >= 15 is 0 Å². The first kappa shape index (κ1) is 12.1. The van der Waals surface area contributed by atoms with Gasteiger partial charge in [0.2, 0.25) is 5.56 Å². The molecule has 0 fully saturated rings. The number of hydrogen-bond acceptors (Lipinski definition) is 3. The van der Waals surface area contributed by atoms with Gasteiger partial charge in [0, 0.05) is 32.3 Å². The molecule has 0 aliphatic heterocycles. The Balaban J connectivity index is 1.87. The summed E-state index contributed by atoms with van der Waals surface area (Å²) in [4.78, 5) is 25.2. The van der Waals surface area contributed by atoms with Crippen molar-refractivity contribution in [2.45, 2.75) is 6.42 Å². The van der Waals surface area contributed by atoms with Crippen LogP contribution in [0.15, 0.2) is 35.3 Å². The van der Waals surface area contributed by atoms with E-state index in [0.717, 1.165) is 5.69 Å². The number of rotatable bonds is 4. The molecule has 0 atom stereocenters. The Labute approximate surface area is 104 Å². The molecule has 2 aromatic heterocycles. The number of hydrogen-bond donors (Lipinski definition) is 2. The van der Waals surface area contributed by atoms with Crippen molar-refractivity contribution in [2.75, 3.05) is 6.54 Å². The van der Waals surface area contributed by atoms with Gasteiger partial charge in [0.15, 0.2) is 0 Å². The van der Waals surface area contributed by atoms with Gasteiger partial charge in [0.05, 0.1) is 5.69 Å². The molecule has 0 aliphatic carbocycles. The highest BCUT2D eigenvalue weighted by atomic mass is 16.2. The van der Waals surface area contributed by atoms with Gasteiger partial charge in [-0.2, -0.15) is 5.10 Å². The Kier molecular flexibility index (Phi) is 3.57. The smallest absolute Gasteiger partial charge is 0.267 e. The van der Waals surface area contributed by atoms with Gasteiger partial charge in [-0.15, -0.1) is 0 Å². The summed E-state index contributed by atoms with van der Waals surface area (Å²) in [5, 5.41) is 6.93. The van der Waals surface area contributed by atoms with Crippen molar-refractivity contribution in [1.82, 2.24) is 20.1 Å². The number of H-pyrrole nitrogens is 1. The lowest BCUT2D eigenvalue weighted by Gasteiger charge is -2.03. The molecule has 94 valence electrons. The minimum atomic E-state index is -0.288. The molecule has 0 unspecified atom stereocenters. The summed E-state index contributed by atoms with van der Waals surface area (Å²) in [7, 11) is 1.84. The molecule has 0 aliphatic rings. The fourth-order valence-electron chi connectivity index (χ4n) is 1.58. The van der Waals surface area contributed by atoms with Crippen LogP contribution in [0.1, 0.15) is 16.2 Å². The van der Waals surface area contributed by atoms with Crippen molar-refractivity contribution in [3.8, 4) is 0 Å². The van der Waals surface area contributed by atoms with Crippen molar-refractivity contribution in [3.05, 3.63) is 52.2 Å². The average Bonchev–Trinajstić information content (AvgIpc) is 2.75. The SMILES string of the molecule is Cn1ccc(CCNC(=O)c2cccc(=O)[nH]2)n1. The quantitative estimate of drug-likeness (QED) is 0.801. The lowest BCUT2D eigenvalue weighted by molar-refractivity contribution is 0.0949. The fourth-order valence-corrected chi connectivity index (χ4v) is 1.58. The van der Waals surface area contributed by atoms with Gasteiger partial charge in [-0.25, -0.2) is 0 Å². The largest absolute Gasteiger partial charge is 0.350 e. The van der Waals surface area contributed by atoms with Crippen LogP contribution in [0.3, 0.4) is 0 Å². The molecule has 0 aromatic carbocycles. The first-order chi connectivity index (χ1) is 8.65. The highest BCUT2D eigenvalue weighted by Gasteiger charge is 2.05. The predicted molar refractivity (Wildman–Crippen MR) is 66.3 cm³/mol. The van der Waals surface area contributed by atoms with Crippen molar-refractivity contribution in [3.63, 3.8) is 0 Å². The molecular formula is C12H14N4O2. The summed E-state index contributed by atoms with van der Waals surface area (Å²) >= 11 is 0. The van der Waals surface area contributed by atoms with Gasteiger partial charge in [-0.1, -0.05) is 6.07 Å². The van der Waals surface area contributed by atoms with Gasteiger partial charge < -0.3 is 10.3 Å². The number of pyridine rings is 1. The van der Waals surface area contributed by atoms with E-state index in [0.29, 0.717) is 13.0 Å². The molecule has 0 bridgehead atoms. The van der Waals surface area contributed by atoms with Crippen molar-refractivity contribution < 1.29 is 4.79 Å². The zero-order chi connectivity index (χ0) is 13.0. The van der Waals surface area contributed by atoms with Gasteiger partial charge in [-0.3, -0.25) is 14.3 Å². The Morgan fingerprint density at radius 2 is 2.28 bits per heavy atom. The molecule has 0 saturated carbocycles. The Bertz CT molecular complexity index is 600. The Hall–Kier alpha value is -2.37. The molecule has 6 heteroatoms. The van der Waals surface area contributed by atoms with Crippen molar-refractivity contribution in [2.24, 2.45) is 7.05 Å². The maximum atomic E-state index is 11.7. The van der Waals surface area contributed by atoms with E-state index in [1.807, 2.05) is 19.3 Å². The minimum Gasteiger partial charge on any atom is -0.350 e. The molecule has 18 heavy (non-hydrogen) atoms. The lowest BCUT2D eigenvalue weighted by atomic mass is 10.3. The van der Waals surface area contributed by atoms with Crippen molar-refractivity contribution >= 4 is 5.91 Å². The summed E-state index contributed by atoms with van der Waals surface area (Å²) in [6.07, 6.45) is 2.51. The predicted octanol–water partition coefficient (Wildman–Crippen LogP) is 0.0809. The first-order valence-electron chi connectivity index (χ1n) is 5.61. The van der Waals surface area contributed by atoms with E-state index in [1.165, 1.54) is 6.07 Å². The molecule has 1 amide bonds. The van der Waals surface area contributed by atoms with Crippen LogP contribution < -0.4 is 10.9 Å². The van der Waals surface area contributed by atoms with E-state index < -0.39 is 0 Å². The molecular weight excluding hydrogens is 232 g/mol. The van der Waals surface area contributed by atoms with Crippen LogP contribution in [0.25, 0.3) is 0 Å². The minimum absolute atomic E-state index is 0.267. The van der Waals surface area contributed by atoms with Gasteiger partial charge >= 0.3 is 0 Å². The molecule has 2 heterocycles. The third-order valence-electron chi connectivity index (χ3n) is 2.45. The lowest BCUT2D eigenvalue weighted by Crippen LogP contribution is -2.28. The van der Waals surface area contributed by atoms with Crippen LogP contribution in [-0.4, -0.2) is 27.2 Å². The summed E-state index contributed by atoms with van der Waals surface area (Å²) < 4.78 is 1.71. The normalized spacial score (nSPS) is 10.3. The van der Waals surface area contributed by atoms with Crippen LogP contribution in [0.5, 0.6) is 0 Å². The highest BCUT2D eigenvalue weighted by molar-refractivity contribution is 5.92. The second kappa shape index (κ2) is 5.31. The third kappa shape index (κ3) is 3.07. The maximum Gasteiger partial charge on any atom is 0.267 e. The zero-order valence-electron chi connectivity index (χ0n) is 10.0. The number of aromatic amines is 1. The number of nitrogens with zero attached hydrogens (tertiary/aromatic N) is 2. The molecule has 0 radical (unpaired) electrons. The number of nitrogens with one attached hydrogen (secondary N) is 2. The molecule has 2 aromatic rings. The van der Waals surface area contributed by atoms with Crippen molar-refractivity contribution in [1.29, 1.82) is 0 Å². The monoisotopic (exact) mass is 246 g/mol. The zero-order valence-corrected chi connectivity index (χ0v) is 10.0. The number of amides is 1. The van der Waals surface area contributed by atoms with E-state index in [4.69, 9.17) is 0 Å². The standard InChI is InChI=1S/C12H14N4O2/c1-16-8-6-9(15-16)5-7-13-12(18)10-3-2-4-11(17)14-10/h2-4,6,8H,5,7H2,1H3,(H,13,18)(H,14,17). The van der Waals surface area contributed by atoms with Crippen LogP contribution >= 0.6 is 0 Å². The van der Waals surface area contributed by atoms with Crippen LogP contribution in [-0.2, 0) is 13.5 Å². The summed E-state index contributed by atoms with van der Waals surface area (Å²) in [5.41, 5.74) is 0.898. The molecule has 2 rings (SSSR count). The molecule has 0 saturated heterocycles. The number of aryl methyl sites for hydroxylation is 1. The van der Waals surface area contributed by atoms with Gasteiger partial charge in [0.25, 0.3) is 5.91 Å². The fraction of sp³-hybridized carbons (Fsp3) is 0.250. The van der Waals surface area contributed by atoms with E-state index in [2.05, 4.69) is 15.4 Å². The Morgan fingerprint density at radius 3 is 2.94 bits per heavy atom. The van der Waals surface area contributed by atoms with E-state index in [-0.39, 0.29) is 17.2 Å². The summed E-state index contributed by atoms with van der Waals surface area (Å²) in [6, 6.07) is 6.38. The number of carbonyl (C=O) groups is 1. The Morgan fingerprint density at radius 1 is 1.44 bits per heavy atom. The molecule has 2 N–H and O–H groups in total. The third-order valence-corrected chi connectivity index (χ3v) is 2.45.